The molecule has 0 saturated heterocycles. The zero-order valence-electron chi connectivity index (χ0n) is 13.6. The first kappa shape index (κ1) is 17.3. The van der Waals surface area contributed by atoms with Gasteiger partial charge >= 0.3 is 6.03 Å². The van der Waals surface area contributed by atoms with Crippen LogP contribution in [-0.2, 0) is 6.54 Å². The van der Waals surface area contributed by atoms with Crippen LogP contribution in [0, 0.1) is 0 Å². The number of rotatable bonds is 8. The molecular weight excluding hydrogens is 310 g/mol. The van der Waals surface area contributed by atoms with Gasteiger partial charge in [0.05, 0.1) is 13.2 Å². The van der Waals surface area contributed by atoms with Crippen molar-refractivity contribution in [3.8, 4) is 5.75 Å². The Balaban J connectivity index is 2.10. The normalized spacial score (nSPS) is 10.3. The van der Waals surface area contributed by atoms with E-state index < -0.39 is 0 Å². The number of carbonyl (C=O) groups is 1. The summed E-state index contributed by atoms with van der Waals surface area (Å²) in [6.07, 6.45) is 3.68. The Bertz CT molecular complexity index is 602. The van der Waals surface area contributed by atoms with Crippen LogP contribution in [0.3, 0.4) is 0 Å². The summed E-state index contributed by atoms with van der Waals surface area (Å²) in [6, 6.07) is 7.73. The van der Waals surface area contributed by atoms with Crippen LogP contribution < -0.4 is 10.1 Å². The van der Waals surface area contributed by atoms with E-state index in [2.05, 4.69) is 17.2 Å². The summed E-state index contributed by atoms with van der Waals surface area (Å²) in [5, 5.41) is 5.32. The third kappa shape index (κ3) is 5.25. The molecule has 1 aromatic carbocycles. The Morgan fingerprint density at radius 2 is 2.17 bits per heavy atom. The van der Waals surface area contributed by atoms with E-state index in [4.69, 9.17) is 4.74 Å². The molecule has 124 valence electrons. The van der Waals surface area contributed by atoms with Crippen molar-refractivity contribution in [1.29, 1.82) is 0 Å². The van der Waals surface area contributed by atoms with Crippen molar-refractivity contribution >= 4 is 22.5 Å². The van der Waals surface area contributed by atoms with Gasteiger partial charge in [0.15, 0.2) is 5.13 Å². The molecule has 0 radical (unpaired) electrons. The van der Waals surface area contributed by atoms with Gasteiger partial charge in [-0.25, -0.2) is 9.78 Å². The smallest absolute Gasteiger partial charge is 0.323 e. The van der Waals surface area contributed by atoms with Crippen molar-refractivity contribution < 1.29 is 9.53 Å². The molecule has 2 rings (SSSR count). The van der Waals surface area contributed by atoms with Crippen molar-refractivity contribution in [1.82, 2.24) is 9.88 Å². The van der Waals surface area contributed by atoms with Crippen molar-refractivity contribution in [2.24, 2.45) is 0 Å². The molecule has 0 aliphatic rings. The minimum atomic E-state index is -0.125. The van der Waals surface area contributed by atoms with E-state index in [0.717, 1.165) is 24.2 Å². The fourth-order valence-corrected chi connectivity index (χ4v) is 2.71. The van der Waals surface area contributed by atoms with E-state index in [1.54, 1.807) is 6.20 Å². The summed E-state index contributed by atoms with van der Waals surface area (Å²) in [5.41, 5.74) is 1.01. The molecule has 2 amide bonds. The third-order valence-electron chi connectivity index (χ3n) is 3.35. The number of urea groups is 1. The number of hydrogen-bond donors (Lipinski definition) is 1. The van der Waals surface area contributed by atoms with Crippen molar-refractivity contribution in [2.45, 2.75) is 33.2 Å². The Morgan fingerprint density at radius 3 is 2.87 bits per heavy atom. The molecule has 0 fully saturated rings. The van der Waals surface area contributed by atoms with Crippen LogP contribution in [0.1, 0.15) is 32.3 Å². The molecule has 0 bridgehead atoms. The third-order valence-corrected chi connectivity index (χ3v) is 4.04. The standard InChI is InChI=1S/C17H23N3O2S/c1-3-5-11-20(17(21)19-16-18-10-12-23-16)13-14-8-6-7-9-15(14)22-4-2/h6-10,12H,3-5,11,13H2,1-2H3,(H,18,19,21). The van der Waals surface area contributed by atoms with Crippen LogP contribution in [0.4, 0.5) is 9.93 Å². The Hall–Kier alpha value is -2.08. The second-order valence-electron chi connectivity index (χ2n) is 5.08. The molecule has 0 unspecified atom stereocenters. The molecule has 1 aromatic heterocycles. The number of amides is 2. The molecule has 0 aliphatic heterocycles. The number of anilines is 1. The molecule has 23 heavy (non-hydrogen) atoms. The van der Waals surface area contributed by atoms with E-state index in [1.807, 2.05) is 41.5 Å². The zero-order chi connectivity index (χ0) is 16.5. The van der Waals surface area contributed by atoms with Gasteiger partial charge < -0.3 is 9.64 Å². The second kappa shape index (κ2) is 9.15. The van der Waals surface area contributed by atoms with Crippen LogP contribution in [0.15, 0.2) is 35.8 Å². The summed E-state index contributed by atoms with van der Waals surface area (Å²) in [7, 11) is 0. The lowest BCUT2D eigenvalue weighted by Gasteiger charge is -2.23. The predicted molar refractivity (Wildman–Crippen MR) is 94.1 cm³/mol. The van der Waals surface area contributed by atoms with Crippen molar-refractivity contribution in [2.75, 3.05) is 18.5 Å². The average Bonchev–Trinajstić information content (AvgIpc) is 3.06. The topological polar surface area (TPSA) is 54.5 Å². The molecular formula is C17H23N3O2S. The fourth-order valence-electron chi connectivity index (χ4n) is 2.19. The lowest BCUT2D eigenvalue weighted by atomic mass is 10.2. The monoisotopic (exact) mass is 333 g/mol. The fraction of sp³-hybridized carbons (Fsp3) is 0.412. The molecule has 0 atom stereocenters. The zero-order valence-corrected chi connectivity index (χ0v) is 14.4. The maximum Gasteiger partial charge on any atom is 0.323 e. The molecule has 2 aromatic rings. The SMILES string of the molecule is CCCCN(Cc1ccccc1OCC)C(=O)Nc1nccs1. The number of thiazole rings is 1. The average molecular weight is 333 g/mol. The van der Waals surface area contributed by atoms with E-state index in [-0.39, 0.29) is 6.03 Å². The minimum Gasteiger partial charge on any atom is -0.494 e. The molecule has 6 heteroatoms. The van der Waals surface area contributed by atoms with Crippen LogP contribution in [0.25, 0.3) is 0 Å². The van der Waals surface area contributed by atoms with Gasteiger partial charge in [0.25, 0.3) is 0 Å². The Morgan fingerprint density at radius 1 is 1.35 bits per heavy atom. The largest absolute Gasteiger partial charge is 0.494 e. The lowest BCUT2D eigenvalue weighted by Crippen LogP contribution is -2.35. The summed E-state index contributed by atoms with van der Waals surface area (Å²) in [6.45, 7) is 5.91. The predicted octanol–water partition coefficient (Wildman–Crippen LogP) is 4.38. The first-order valence-electron chi connectivity index (χ1n) is 7.90. The van der Waals surface area contributed by atoms with Gasteiger partial charge in [-0.3, -0.25) is 5.32 Å². The van der Waals surface area contributed by atoms with Gasteiger partial charge in [0.1, 0.15) is 5.75 Å². The number of para-hydroxylation sites is 1. The maximum atomic E-state index is 12.5. The summed E-state index contributed by atoms with van der Waals surface area (Å²) in [5.74, 6) is 0.832. The first-order valence-corrected chi connectivity index (χ1v) is 8.78. The number of unbranched alkanes of at least 4 members (excludes halogenated alkanes) is 1. The minimum absolute atomic E-state index is 0.125. The van der Waals surface area contributed by atoms with Gasteiger partial charge in [-0.15, -0.1) is 11.3 Å². The number of benzene rings is 1. The van der Waals surface area contributed by atoms with Crippen LogP contribution >= 0.6 is 11.3 Å². The number of ether oxygens (including phenoxy) is 1. The molecule has 5 nitrogen and oxygen atoms in total. The lowest BCUT2D eigenvalue weighted by molar-refractivity contribution is 0.207. The first-order chi connectivity index (χ1) is 11.2. The second-order valence-corrected chi connectivity index (χ2v) is 5.98. The Labute approximate surface area is 141 Å². The van der Waals surface area contributed by atoms with Crippen molar-refractivity contribution in [3.05, 3.63) is 41.4 Å². The van der Waals surface area contributed by atoms with Crippen LogP contribution in [-0.4, -0.2) is 29.1 Å². The van der Waals surface area contributed by atoms with Crippen molar-refractivity contribution in [3.63, 3.8) is 0 Å². The van der Waals surface area contributed by atoms with Gasteiger partial charge in [-0.05, 0) is 19.4 Å². The summed E-state index contributed by atoms with van der Waals surface area (Å²) >= 11 is 1.42. The highest BCUT2D eigenvalue weighted by Gasteiger charge is 2.16. The van der Waals surface area contributed by atoms with Gasteiger partial charge in [0, 0.05) is 23.7 Å². The van der Waals surface area contributed by atoms with Gasteiger partial charge in [0.2, 0.25) is 0 Å². The number of nitrogens with zero attached hydrogens (tertiary/aromatic N) is 2. The van der Waals surface area contributed by atoms with E-state index in [0.29, 0.717) is 24.8 Å². The van der Waals surface area contributed by atoms with Crippen LogP contribution in [0.2, 0.25) is 0 Å². The summed E-state index contributed by atoms with van der Waals surface area (Å²) in [4.78, 5) is 18.4. The molecule has 0 aliphatic carbocycles. The van der Waals surface area contributed by atoms with Gasteiger partial charge in [-0.1, -0.05) is 31.5 Å². The van der Waals surface area contributed by atoms with Crippen LogP contribution in [0.5, 0.6) is 5.75 Å². The molecule has 0 saturated carbocycles. The highest BCUT2D eigenvalue weighted by atomic mass is 32.1. The van der Waals surface area contributed by atoms with Gasteiger partial charge in [-0.2, -0.15) is 0 Å². The molecule has 1 N–H and O–H groups in total. The number of carbonyl (C=O) groups excluding carboxylic acids is 1. The summed E-state index contributed by atoms with van der Waals surface area (Å²) < 4.78 is 5.66. The number of hydrogen-bond acceptors (Lipinski definition) is 4. The molecule has 0 spiro atoms. The maximum absolute atomic E-state index is 12.5. The number of nitrogens with one attached hydrogen (secondary N) is 1. The highest BCUT2D eigenvalue weighted by molar-refractivity contribution is 7.13. The van der Waals surface area contributed by atoms with E-state index in [9.17, 15) is 4.79 Å². The Kier molecular flexibility index (Phi) is 6.87. The highest BCUT2D eigenvalue weighted by Crippen LogP contribution is 2.21. The van der Waals surface area contributed by atoms with E-state index in [1.165, 1.54) is 11.3 Å². The van der Waals surface area contributed by atoms with E-state index >= 15 is 0 Å². The quantitative estimate of drug-likeness (QED) is 0.780. The number of aromatic nitrogens is 1. The molecule has 1 heterocycles.